The highest BCUT2D eigenvalue weighted by atomic mass is 32.1. The highest BCUT2D eigenvalue weighted by molar-refractivity contribution is 7.12. The largest absolute Gasteiger partial charge is 0.378 e. The third-order valence-electron chi connectivity index (χ3n) is 2.03. The van der Waals surface area contributed by atoms with E-state index in [1.165, 1.54) is 9.75 Å². The zero-order valence-electron chi connectivity index (χ0n) is 7.17. The number of thiophene rings is 1. The first kappa shape index (κ1) is 8.23. The summed E-state index contributed by atoms with van der Waals surface area (Å²) < 4.78 is 5.39. The van der Waals surface area contributed by atoms with Gasteiger partial charge in [0.25, 0.3) is 0 Å². The average molecular weight is 183 g/mol. The summed E-state index contributed by atoms with van der Waals surface area (Å²) in [7, 11) is 0. The smallest absolute Gasteiger partial charge is 0.0670 e. The van der Waals surface area contributed by atoms with Crippen LogP contribution in [0.3, 0.4) is 0 Å². The normalized spacial score (nSPS) is 24.2. The van der Waals surface area contributed by atoms with Crippen LogP contribution >= 0.6 is 11.3 Å². The Balaban J connectivity index is 2.08. The summed E-state index contributed by atoms with van der Waals surface area (Å²) >= 11 is 1.85. The van der Waals surface area contributed by atoms with Crippen molar-refractivity contribution in [3.63, 3.8) is 0 Å². The Labute approximate surface area is 76.6 Å². The second-order valence-corrected chi connectivity index (χ2v) is 4.35. The van der Waals surface area contributed by atoms with Crippen LogP contribution in [0.1, 0.15) is 15.8 Å². The van der Waals surface area contributed by atoms with Crippen molar-refractivity contribution in [1.29, 1.82) is 0 Å². The number of aryl methyl sites for hydroxylation is 1. The Hall–Kier alpha value is -0.380. The van der Waals surface area contributed by atoms with Crippen molar-refractivity contribution in [3.8, 4) is 0 Å². The molecule has 12 heavy (non-hydrogen) atoms. The lowest BCUT2D eigenvalue weighted by molar-refractivity contribution is 0.0779. The Morgan fingerprint density at radius 2 is 2.50 bits per heavy atom. The minimum absolute atomic E-state index is 0.428. The van der Waals surface area contributed by atoms with Gasteiger partial charge in [-0.15, -0.1) is 11.3 Å². The molecule has 0 unspecified atom stereocenters. The van der Waals surface area contributed by atoms with Crippen LogP contribution in [0.2, 0.25) is 0 Å². The van der Waals surface area contributed by atoms with Gasteiger partial charge in [0.15, 0.2) is 0 Å². The summed E-state index contributed by atoms with van der Waals surface area (Å²) in [6.45, 7) is 4.78. The van der Waals surface area contributed by atoms with Gasteiger partial charge in [-0.25, -0.2) is 0 Å². The molecule has 2 rings (SSSR count). The molecule has 0 amide bonds. The molecule has 66 valence electrons. The predicted octanol–water partition coefficient (Wildman–Crippen LogP) is 1.72. The van der Waals surface area contributed by atoms with E-state index in [9.17, 15) is 0 Å². The number of hydrogen-bond donors (Lipinski definition) is 1. The van der Waals surface area contributed by atoms with Crippen LogP contribution in [0.25, 0.3) is 0 Å². The number of rotatable bonds is 1. The summed E-state index contributed by atoms with van der Waals surface area (Å²) in [5.74, 6) is 0. The molecule has 1 aliphatic rings. The second-order valence-electron chi connectivity index (χ2n) is 3.03. The summed E-state index contributed by atoms with van der Waals surface area (Å²) in [4.78, 5) is 2.77. The number of morpholine rings is 1. The molecule has 1 fully saturated rings. The Bertz CT molecular complexity index is 253. The molecule has 1 N–H and O–H groups in total. The summed E-state index contributed by atoms with van der Waals surface area (Å²) in [6, 6.07) is 4.78. The number of ether oxygens (including phenoxy) is 1. The first-order valence-electron chi connectivity index (χ1n) is 4.24. The highest BCUT2D eigenvalue weighted by Gasteiger charge is 2.15. The quantitative estimate of drug-likeness (QED) is 0.715. The van der Waals surface area contributed by atoms with Crippen LogP contribution in [-0.2, 0) is 4.74 Å². The third-order valence-corrected chi connectivity index (χ3v) is 3.14. The lowest BCUT2D eigenvalue weighted by Gasteiger charge is -2.22. The van der Waals surface area contributed by atoms with Gasteiger partial charge in [-0.2, -0.15) is 0 Å². The predicted molar refractivity (Wildman–Crippen MR) is 50.6 cm³/mol. The molecule has 0 aromatic carbocycles. The van der Waals surface area contributed by atoms with E-state index in [1.807, 2.05) is 11.3 Å². The summed E-state index contributed by atoms with van der Waals surface area (Å²) in [6.07, 6.45) is 0. The minimum atomic E-state index is 0.428. The van der Waals surface area contributed by atoms with Crippen LogP contribution in [0.5, 0.6) is 0 Å². The molecule has 0 radical (unpaired) electrons. The monoisotopic (exact) mass is 183 g/mol. The zero-order chi connectivity index (χ0) is 8.39. The van der Waals surface area contributed by atoms with Crippen molar-refractivity contribution in [2.24, 2.45) is 0 Å². The Kier molecular flexibility index (Phi) is 2.44. The molecule has 3 heteroatoms. The molecule has 1 saturated heterocycles. The van der Waals surface area contributed by atoms with Crippen molar-refractivity contribution >= 4 is 11.3 Å². The van der Waals surface area contributed by atoms with Crippen molar-refractivity contribution < 1.29 is 4.74 Å². The maximum absolute atomic E-state index is 5.39. The number of nitrogens with one attached hydrogen (secondary N) is 1. The van der Waals surface area contributed by atoms with Crippen molar-refractivity contribution in [2.75, 3.05) is 19.8 Å². The third kappa shape index (κ3) is 1.68. The van der Waals surface area contributed by atoms with Gasteiger partial charge < -0.3 is 10.1 Å². The first-order valence-corrected chi connectivity index (χ1v) is 5.05. The van der Waals surface area contributed by atoms with E-state index in [4.69, 9.17) is 4.74 Å². The maximum atomic E-state index is 5.39. The molecular formula is C9H13NOS. The molecule has 1 aromatic rings. The van der Waals surface area contributed by atoms with Crippen LogP contribution < -0.4 is 5.32 Å². The SMILES string of the molecule is Cc1ccc([C@H]2COCCN2)s1. The van der Waals surface area contributed by atoms with Gasteiger partial charge in [0.05, 0.1) is 19.3 Å². The molecule has 1 aliphatic heterocycles. The molecule has 0 saturated carbocycles. The van der Waals surface area contributed by atoms with E-state index in [1.54, 1.807) is 0 Å². The zero-order valence-corrected chi connectivity index (χ0v) is 7.99. The second kappa shape index (κ2) is 3.56. The molecular weight excluding hydrogens is 170 g/mol. The Morgan fingerprint density at radius 3 is 3.08 bits per heavy atom. The van der Waals surface area contributed by atoms with E-state index < -0.39 is 0 Å². The fourth-order valence-electron chi connectivity index (χ4n) is 1.39. The van der Waals surface area contributed by atoms with Gasteiger partial charge >= 0.3 is 0 Å². The van der Waals surface area contributed by atoms with Crippen LogP contribution in [0, 0.1) is 6.92 Å². The van der Waals surface area contributed by atoms with Gasteiger partial charge in [0, 0.05) is 16.3 Å². The van der Waals surface area contributed by atoms with Crippen molar-refractivity contribution in [2.45, 2.75) is 13.0 Å². The van der Waals surface area contributed by atoms with E-state index >= 15 is 0 Å². The lowest BCUT2D eigenvalue weighted by atomic mass is 10.2. The summed E-state index contributed by atoms with van der Waals surface area (Å²) in [5, 5.41) is 3.43. The molecule has 0 spiro atoms. The fourth-order valence-corrected chi connectivity index (χ4v) is 2.33. The Morgan fingerprint density at radius 1 is 1.58 bits per heavy atom. The van der Waals surface area contributed by atoms with E-state index in [0.29, 0.717) is 6.04 Å². The van der Waals surface area contributed by atoms with Gasteiger partial charge in [-0.05, 0) is 19.1 Å². The van der Waals surface area contributed by atoms with Gasteiger partial charge in [-0.3, -0.25) is 0 Å². The maximum Gasteiger partial charge on any atom is 0.0670 e. The van der Waals surface area contributed by atoms with Crippen LogP contribution in [0.4, 0.5) is 0 Å². The fraction of sp³-hybridized carbons (Fsp3) is 0.556. The standard InChI is InChI=1S/C9H13NOS/c1-7-2-3-9(12-7)8-6-11-5-4-10-8/h2-3,8,10H,4-6H2,1H3/t8-/m1/s1. The van der Waals surface area contributed by atoms with Gasteiger partial charge in [0.2, 0.25) is 0 Å². The molecule has 1 atom stereocenters. The van der Waals surface area contributed by atoms with E-state index in [-0.39, 0.29) is 0 Å². The van der Waals surface area contributed by atoms with Crippen molar-refractivity contribution in [1.82, 2.24) is 5.32 Å². The van der Waals surface area contributed by atoms with Crippen LogP contribution in [-0.4, -0.2) is 19.8 Å². The summed E-state index contributed by atoms with van der Waals surface area (Å²) in [5.41, 5.74) is 0. The topological polar surface area (TPSA) is 21.3 Å². The molecule has 2 heterocycles. The average Bonchev–Trinajstić information content (AvgIpc) is 2.54. The molecule has 0 bridgehead atoms. The molecule has 1 aromatic heterocycles. The van der Waals surface area contributed by atoms with Crippen LogP contribution in [0.15, 0.2) is 12.1 Å². The highest BCUT2D eigenvalue weighted by Crippen LogP contribution is 2.23. The van der Waals surface area contributed by atoms with Gasteiger partial charge in [0.1, 0.15) is 0 Å². The van der Waals surface area contributed by atoms with Crippen molar-refractivity contribution in [3.05, 3.63) is 21.9 Å². The minimum Gasteiger partial charge on any atom is -0.378 e. The lowest BCUT2D eigenvalue weighted by Crippen LogP contribution is -2.33. The molecule has 2 nitrogen and oxygen atoms in total. The van der Waals surface area contributed by atoms with Gasteiger partial charge in [-0.1, -0.05) is 0 Å². The van der Waals surface area contributed by atoms with E-state index in [2.05, 4.69) is 24.4 Å². The molecule has 0 aliphatic carbocycles. The first-order chi connectivity index (χ1) is 5.86. The number of hydrogen-bond acceptors (Lipinski definition) is 3. The van der Waals surface area contributed by atoms with E-state index in [0.717, 1.165) is 19.8 Å².